The number of carbonyl (C=O) groups is 2. The Morgan fingerprint density at radius 3 is 2.59 bits per heavy atom. The third-order valence-electron chi connectivity index (χ3n) is 3.27. The summed E-state index contributed by atoms with van der Waals surface area (Å²) in [6.07, 6.45) is 0.763. The van der Waals surface area contributed by atoms with E-state index >= 15 is 0 Å². The molecule has 1 rings (SSSR count). The highest BCUT2D eigenvalue weighted by Crippen LogP contribution is 2.17. The lowest BCUT2D eigenvalue weighted by Crippen LogP contribution is -2.46. The summed E-state index contributed by atoms with van der Waals surface area (Å²) in [5.41, 5.74) is 0. The van der Waals surface area contributed by atoms with Crippen LogP contribution >= 0.6 is 11.8 Å². The van der Waals surface area contributed by atoms with E-state index in [2.05, 4.69) is 20.8 Å². The molecule has 8 nitrogen and oxygen atoms in total. The van der Waals surface area contributed by atoms with Crippen molar-refractivity contribution in [3.63, 3.8) is 0 Å². The van der Waals surface area contributed by atoms with E-state index < -0.39 is 12.0 Å². The third kappa shape index (κ3) is 4.97. The van der Waals surface area contributed by atoms with Gasteiger partial charge in [0.15, 0.2) is 0 Å². The van der Waals surface area contributed by atoms with Gasteiger partial charge in [-0.2, -0.15) is 0 Å². The van der Waals surface area contributed by atoms with E-state index in [4.69, 9.17) is 4.74 Å². The predicted octanol–water partition coefficient (Wildman–Crippen LogP) is 1.05. The number of rotatable bonds is 8. The van der Waals surface area contributed by atoms with E-state index in [0.717, 1.165) is 6.42 Å². The average Bonchev–Trinajstić information content (AvgIpc) is 2.97. The first-order chi connectivity index (χ1) is 10.4. The number of thioether (sulfide) groups is 1. The van der Waals surface area contributed by atoms with Crippen LogP contribution in [0.15, 0.2) is 5.16 Å². The van der Waals surface area contributed by atoms with Crippen LogP contribution in [-0.4, -0.2) is 51.0 Å². The number of methoxy groups -OCH3 is 1. The highest BCUT2D eigenvalue weighted by Gasteiger charge is 2.26. The Labute approximate surface area is 134 Å². The fourth-order valence-corrected chi connectivity index (χ4v) is 2.56. The maximum absolute atomic E-state index is 12.1. The van der Waals surface area contributed by atoms with Crippen molar-refractivity contribution in [1.82, 2.24) is 25.5 Å². The van der Waals surface area contributed by atoms with E-state index in [1.54, 1.807) is 4.68 Å². The molecule has 0 bridgehead atoms. The molecule has 1 heterocycles. The first-order valence-electron chi connectivity index (χ1n) is 7.18. The molecule has 1 aromatic rings. The Morgan fingerprint density at radius 2 is 2.05 bits per heavy atom. The summed E-state index contributed by atoms with van der Waals surface area (Å²) in [4.78, 5) is 23.8. The molecule has 2 atom stereocenters. The zero-order valence-corrected chi connectivity index (χ0v) is 14.4. The molecule has 0 aliphatic heterocycles. The molecule has 22 heavy (non-hydrogen) atoms. The molecule has 124 valence electrons. The summed E-state index contributed by atoms with van der Waals surface area (Å²) >= 11 is 1.23. The maximum atomic E-state index is 12.1. The molecule has 0 fully saturated rings. The summed E-state index contributed by atoms with van der Waals surface area (Å²) < 4.78 is 6.38. The summed E-state index contributed by atoms with van der Waals surface area (Å²) in [5, 5.41) is 14.6. The zero-order chi connectivity index (χ0) is 16.7. The van der Waals surface area contributed by atoms with Crippen molar-refractivity contribution in [1.29, 1.82) is 0 Å². The molecule has 0 aromatic carbocycles. The fraction of sp³-hybridized carbons (Fsp3) is 0.769. The van der Waals surface area contributed by atoms with Gasteiger partial charge >= 0.3 is 5.97 Å². The van der Waals surface area contributed by atoms with Crippen LogP contribution in [0.25, 0.3) is 0 Å². The van der Waals surface area contributed by atoms with Gasteiger partial charge in [-0.3, -0.25) is 4.79 Å². The minimum absolute atomic E-state index is 0.00221. The summed E-state index contributed by atoms with van der Waals surface area (Å²) in [6.45, 7) is 7.76. The first kappa shape index (κ1) is 18.4. The molecule has 9 heteroatoms. The van der Waals surface area contributed by atoms with Crippen molar-refractivity contribution >= 4 is 23.6 Å². The van der Waals surface area contributed by atoms with Crippen LogP contribution in [0.3, 0.4) is 0 Å². The summed E-state index contributed by atoms with van der Waals surface area (Å²) in [6, 6.07) is -0.521. The van der Waals surface area contributed by atoms with Crippen molar-refractivity contribution in [2.45, 2.75) is 51.4 Å². The number of ether oxygens (including phenoxy) is 1. The quantitative estimate of drug-likeness (QED) is 0.562. The lowest BCUT2D eigenvalue weighted by molar-refractivity contribution is -0.146. The fourth-order valence-electron chi connectivity index (χ4n) is 1.75. The van der Waals surface area contributed by atoms with Crippen molar-refractivity contribution < 1.29 is 14.3 Å². The molecule has 0 spiro atoms. The van der Waals surface area contributed by atoms with Gasteiger partial charge in [0.05, 0.1) is 18.9 Å². The highest BCUT2D eigenvalue weighted by atomic mass is 32.2. The molecule has 1 amide bonds. The lowest BCUT2D eigenvalue weighted by Gasteiger charge is -2.21. The normalized spacial score (nSPS) is 13.7. The molecule has 0 radical (unpaired) electrons. The molecule has 1 aromatic heterocycles. The second-order valence-electron chi connectivity index (χ2n) is 5.24. The molecule has 0 aliphatic carbocycles. The number of hydrogen-bond donors (Lipinski definition) is 1. The van der Waals surface area contributed by atoms with Crippen molar-refractivity contribution in [2.75, 3.05) is 12.9 Å². The van der Waals surface area contributed by atoms with Crippen LogP contribution in [0.4, 0.5) is 0 Å². The Kier molecular flexibility index (Phi) is 7.30. The highest BCUT2D eigenvalue weighted by molar-refractivity contribution is 7.99. The van der Waals surface area contributed by atoms with Crippen molar-refractivity contribution in [2.24, 2.45) is 5.92 Å². The summed E-state index contributed by atoms with van der Waals surface area (Å²) in [5.74, 6) is -0.544. The topological polar surface area (TPSA) is 99.0 Å². The van der Waals surface area contributed by atoms with Gasteiger partial charge in [0.25, 0.3) is 0 Å². The first-order valence-corrected chi connectivity index (χ1v) is 8.17. The monoisotopic (exact) mass is 329 g/mol. The standard InChI is InChI=1S/C13H23N5O3S/c1-6-9(4)11(12(20)21-5)14-10(19)7-22-13-15-16-17-18(13)8(2)3/h8-9,11H,6-7H2,1-5H3,(H,14,19). The molecule has 0 aliphatic rings. The molecule has 0 saturated heterocycles. The minimum Gasteiger partial charge on any atom is -0.467 e. The van der Waals surface area contributed by atoms with Gasteiger partial charge in [-0.25, -0.2) is 9.48 Å². The molecular weight excluding hydrogens is 306 g/mol. The largest absolute Gasteiger partial charge is 0.467 e. The number of esters is 1. The Morgan fingerprint density at radius 1 is 1.36 bits per heavy atom. The number of hydrogen-bond acceptors (Lipinski definition) is 7. The number of tetrazole rings is 1. The Balaban J connectivity index is 2.60. The number of nitrogens with one attached hydrogen (secondary N) is 1. The number of aromatic nitrogens is 4. The second kappa shape index (κ2) is 8.72. The van der Waals surface area contributed by atoms with Crippen LogP contribution < -0.4 is 5.32 Å². The van der Waals surface area contributed by atoms with Gasteiger partial charge in [0.2, 0.25) is 11.1 Å². The van der Waals surface area contributed by atoms with Crippen LogP contribution in [0.2, 0.25) is 0 Å². The van der Waals surface area contributed by atoms with Gasteiger partial charge in [-0.1, -0.05) is 32.0 Å². The summed E-state index contributed by atoms with van der Waals surface area (Å²) in [7, 11) is 1.31. The van der Waals surface area contributed by atoms with Crippen molar-refractivity contribution in [3.05, 3.63) is 0 Å². The average molecular weight is 329 g/mol. The maximum Gasteiger partial charge on any atom is 0.328 e. The van der Waals surface area contributed by atoms with Crippen molar-refractivity contribution in [3.8, 4) is 0 Å². The second-order valence-corrected chi connectivity index (χ2v) is 6.18. The minimum atomic E-state index is -0.635. The molecule has 0 saturated carbocycles. The molecule has 2 unspecified atom stereocenters. The van der Waals surface area contributed by atoms with E-state index in [-0.39, 0.29) is 23.6 Å². The lowest BCUT2D eigenvalue weighted by atomic mass is 9.99. The van der Waals surface area contributed by atoms with Gasteiger partial charge < -0.3 is 10.1 Å². The van der Waals surface area contributed by atoms with Crippen LogP contribution in [0.1, 0.15) is 40.2 Å². The Bertz CT molecular complexity index is 506. The van der Waals surface area contributed by atoms with Crippen LogP contribution in [0, 0.1) is 5.92 Å². The van der Waals surface area contributed by atoms with Crippen LogP contribution in [0.5, 0.6) is 0 Å². The van der Waals surface area contributed by atoms with Gasteiger partial charge in [0.1, 0.15) is 6.04 Å². The molecular formula is C13H23N5O3S. The van der Waals surface area contributed by atoms with E-state index in [9.17, 15) is 9.59 Å². The van der Waals surface area contributed by atoms with E-state index in [1.807, 2.05) is 27.7 Å². The third-order valence-corrected chi connectivity index (χ3v) is 4.20. The zero-order valence-electron chi connectivity index (χ0n) is 13.6. The number of nitrogens with zero attached hydrogens (tertiary/aromatic N) is 4. The SMILES string of the molecule is CCC(C)C(NC(=O)CSc1nnnn1C(C)C)C(=O)OC. The predicted molar refractivity (Wildman–Crippen MR) is 82.3 cm³/mol. The van der Waals surface area contributed by atoms with Gasteiger partial charge in [0, 0.05) is 0 Å². The van der Waals surface area contributed by atoms with Gasteiger partial charge in [-0.05, 0) is 30.2 Å². The van der Waals surface area contributed by atoms with E-state index in [0.29, 0.717) is 5.16 Å². The number of carbonyl (C=O) groups excluding carboxylic acids is 2. The number of amides is 1. The molecule has 1 N–H and O–H groups in total. The smallest absolute Gasteiger partial charge is 0.328 e. The van der Waals surface area contributed by atoms with Gasteiger partial charge in [-0.15, -0.1) is 5.10 Å². The van der Waals surface area contributed by atoms with Crippen LogP contribution in [-0.2, 0) is 14.3 Å². The Hall–Kier alpha value is -1.64. The van der Waals surface area contributed by atoms with E-state index in [1.165, 1.54) is 18.9 Å².